The van der Waals surface area contributed by atoms with Crippen LogP contribution in [0.4, 0.5) is 0 Å². The molecule has 0 bridgehead atoms. The molecule has 170 valence electrons. The fraction of sp³-hybridized carbons (Fsp3) is 0.478. The Kier molecular flexibility index (Phi) is 8.55. The molecular formula is C23H30Cl2N2O4. The average Bonchev–Trinajstić information content (AvgIpc) is 3.41. The third-order valence-electron chi connectivity index (χ3n) is 5.87. The van der Waals surface area contributed by atoms with Crippen LogP contribution in [0, 0.1) is 0 Å². The van der Waals surface area contributed by atoms with Crippen LogP contribution in [0.2, 0.25) is 0 Å². The number of rotatable bonds is 7. The molecule has 6 nitrogen and oxygen atoms in total. The smallest absolute Gasteiger partial charge is 0.231 e. The van der Waals surface area contributed by atoms with Crippen LogP contribution in [-0.2, 0) is 13.1 Å². The molecule has 2 aromatic rings. The fourth-order valence-electron chi connectivity index (χ4n) is 4.27. The number of nitrogens with zero attached hydrogens (tertiary/aromatic N) is 2. The van der Waals surface area contributed by atoms with Gasteiger partial charge >= 0.3 is 0 Å². The normalized spacial score (nSPS) is 16.7. The van der Waals surface area contributed by atoms with Crippen molar-refractivity contribution >= 4 is 24.8 Å². The van der Waals surface area contributed by atoms with E-state index in [-0.39, 0.29) is 24.8 Å². The van der Waals surface area contributed by atoms with Crippen molar-refractivity contribution < 1.29 is 18.9 Å². The number of fused-ring (bicyclic) bond motifs is 2. The highest BCUT2D eigenvalue weighted by molar-refractivity contribution is 5.85. The summed E-state index contributed by atoms with van der Waals surface area (Å²) in [5.41, 5.74) is 2.49. The highest BCUT2D eigenvalue weighted by atomic mass is 35.5. The van der Waals surface area contributed by atoms with Gasteiger partial charge in [0.25, 0.3) is 0 Å². The zero-order chi connectivity index (χ0) is 19.5. The molecule has 3 heterocycles. The van der Waals surface area contributed by atoms with E-state index in [1.165, 1.54) is 43.5 Å². The predicted molar refractivity (Wildman–Crippen MR) is 124 cm³/mol. The van der Waals surface area contributed by atoms with Crippen molar-refractivity contribution in [1.29, 1.82) is 0 Å². The summed E-state index contributed by atoms with van der Waals surface area (Å²) >= 11 is 0. The molecule has 0 amide bonds. The average molecular weight is 469 g/mol. The minimum absolute atomic E-state index is 0. The first-order valence-corrected chi connectivity index (χ1v) is 10.6. The van der Waals surface area contributed by atoms with Crippen LogP contribution in [0.15, 0.2) is 36.4 Å². The standard InChI is InChI=1S/C23H28N2O4.2ClH/c1-2-8-24(9-3-1)10-11-25(14-18-4-6-20-22(12-18)28-16-26-20)15-19-5-7-21-23(13-19)29-17-27-21;;/h4-7,12-13H,1-3,8-11,14-17H2;2*1H. The largest absolute Gasteiger partial charge is 0.454 e. The molecule has 0 atom stereocenters. The van der Waals surface area contributed by atoms with Crippen LogP contribution in [-0.4, -0.2) is 49.6 Å². The highest BCUT2D eigenvalue weighted by Crippen LogP contribution is 2.34. The molecule has 1 fully saturated rings. The molecule has 0 aromatic heterocycles. The van der Waals surface area contributed by atoms with Gasteiger partial charge in [0.05, 0.1) is 0 Å². The lowest BCUT2D eigenvalue weighted by Crippen LogP contribution is -2.37. The maximum Gasteiger partial charge on any atom is 0.231 e. The Labute approximate surface area is 196 Å². The third kappa shape index (κ3) is 5.89. The Morgan fingerprint density at radius 2 is 1.19 bits per heavy atom. The van der Waals surface area contributed by atoms with Crippen LogP contribution in [0.3, 0.4) is 0 Å². The van der Waals surface area contributed by atoms with Crippen molar-refractivity contribution in [3.05, 3.63) is 47.5 Å². The fourth-order valence-corrected chi connectivity index (χ4v) is 4.27. The van der Waals surface area contributed by atoms with Crippen LogP contribution < -0.4 is 18.9 Å². The van der Waals surface area contributed by atoms with Gasteiger partial charge in [-0.05, 0) is 61.3 Å². The Morgan fingerprint density at radius 1 is 0.677 bits per heavy atom. The molecule has 0 aliphatic carbocycles. The van der Waals surface area contributed by atoms with E-state index in [0.29, 0.717) is 13.6 Å². The Balaban J connectivity index is 0.00000136. The van der Waals surface area contributed by atoms with Crippen molar-refractivity contribution in [2.24, 2.45) is 0 Å². The lowest BCUT2D eigenvalue weighted by Gasteiger charge is -2.30. The minimum Gasteiger partial charge on any atom is -0.454 e. The number of ether oxygens (including phenoxy) is 4. The zero-order valence-electron chi connectivity index (χ0n) is 17.6. The van der Waals surface area contributed by atoms with E-state index < -0.39 is 0 Å². The maximum absolute atomic E-state index is 5.57. The van der Waals surface area contributed by atoms with Gasteiger partial charge in [-0.2, -0.15) is 0 Å². The number of halogens is 2. The molecule has 0 N–H and O–H groups in total. The first-order valence-electron chi connectivity index (χ1n) is 10.6. The molecule has 0 saturated carbocycles. The van der Waals surface area contributed by atoms with E-state index >= 15 is 0 Å². The van der Waals surface area contributed by atoms with Crippen molar-refractivity contribution in [3.63, 3.8) is 0 Å². The zero-order valence-corrected chi connectivity index (χ0v) is 19.2. The highest BCUT2D eigenvalue weighted by Gasteiger charge is 2.18. The number of likely N-dealkylation sites (tertiary alicyclic amines) is 1. The lowest BCUT2D eigenvalue weighted by atomic mass is 10.1. The summed E-state index contributed by atoms with van der Waals surface area (Å²) in [7, 11) is 0. The number of hydrogen-bond donors (Lipinski definition) is 0. The summed E-state index contributed by atoms with van der Waals surface area (Å²) < 4.78 is 22.0. The second-order valence-corrected chi connectivity index (χ2v) is 7.99. The second kappa shape index (κ2) is 11.1. The number of benzene rings is 2. The summed E-state index contributed by atoms with van der Waals surface area (Å²) in [6.07, 6.45) is 4.02. The minimum atomic E-state index is 0. The molecule has 0 unspecified atom stereocenters. The van der Waals surface area contributed by atoms with E-state index in [1.54, 1.807) is 0 Å². The molecule has 2 aromatic carbocycles. The molecule has 0 spiro atoms. The molecular weight excluding hydrogens is 439 g/mol. The van der Waals surface area contributed by atoms with Crippen LogP contribution in [0.5, 0.6) is 23.0 Å². The summed E-state index contributed by atoms with van der Waals surface area (Å²) in [4.78, 5) is 5.10. The first kappa shape index (κ1) is 23.8. The summed E-state index contributed by atoms with van der Waals surface area (Å²) in [5.74, 6) is 3.37. The summed E-state index contributed by atoms with van der Waals surface area (Å²) in [6, 6.07) is 12.5. The van der Waals surface area contributed by atoms with Gasteiger partial charge in [0.1, 0.15) is 0 Å². The van der Waals surface area contributed by atoms with Crippen molar-refractivity contribution in [3.8, 4) is 23.0 Å². The van der Waals surface area contributed by atoms with Crippen molar-refractivity contribution in [2.45, 2.75) is 32.4 Å². The van der Waals surface area contributed by atoms with Crippen molar-refractivity contribution in [1.82, 2.24) is 9.80 Å². The van der Waals surface area contributed by atoms with Gasteiger partial charge in [0.15, 0.2) is 23.0 Å². The molecule has 0 radical (unpaired) electrons. The Bertz CT molecular complexity index is 802. The van der Waals surface area contributed by atoms with Gasteiger partial charge in [0.2, 0.25) is 13.6 Å². The van der Waals surface area contributed by atoms with Crippen LogP contribution in [0.25, 0.3) is 0 Å². The summed E-state index contributed by atoms with van der Waals surface area (Å²) in [5, 5.41) is 0. The van der Waals surface area contributed by atoms with Gasteiger partial charge in [-0.1, -0.05) is 18.6 Å². The number of piperidine rings is 1. The third-order valence-corrected chi connectivity index (χ3v) is 5.87. The summed E-state index contributed by atoms with van der Waals surface area (Å²) in [6.45, 7) is 6.96. The monoisotopic (exact) mass is 468 g/mol. The SMILES string of the molecule is Cl.Cl.c1cc2c(cc1CN(CCN1CCCCC1)Cc1ccc3c(c1)OCO3)OCO2. The quantitative estimate of drug-likeness (QED) is 0.596. The van der Waals surface area contributed by atoms with Gasteiger partial charge in [-0.25, -0.2) is 0 Å². The predicted octanol–water partition coefficient (Wildman–Crippen LogP) is 4.48. The van der Waals surface area contributed by atoms with Crippen LogP contribution in [0.1, 0.15) is 30.4 Å². The Hall–Kier alpha value is -1.86. The van der Waals surface area contributed by atoms with Gasteiger partial charge < -0.3 is 23.8 Å². The molecule has 1 saturated heterocycles. The molecule has 3 aliphatic heterocycles. The van der Waals surface area contributed by atoms with E-state index in [2.05, 4.69) is 34.1 Å². The van der Waals surface area contributed by atoms with Crippen LogP contribution >= 0.6 is 24.8 Å². The van der Waals surface area contributed by atoms with E-state index in [0.717, 1.165) is 49.2 Å². The molecule has 3 aliphatic rings. The topological polar surface area (TPSA) is 43.4 Å². The van der Waals surface area contributed by atoms with Crippen molar-refractivity contribution in [2.75, 3.05) is 39.8 Å². The van der Waals surface area contributed by atoms with Gasteiger partial charge in [-0.3, -0.25) is 4.90 Å². The number of hydrogen-bond acceptors (Lipinski definition) is 6. The lowest BCUT2D eigenvalue weighted by molar-refractivity contribution is 0.171. The van der Waals surface area contributed by atoms with E-state index in [4.69, 9.17) is 18.9 Å². The first-order chi connectivity index (χ1) is 14.3. The van der Waals surface area contributed by atoms with E-state index in [1.807, 2.05) is 12.1 Å². The molecule has 31 heavy (non-hydrogen) atoms. The maximum atomic E-state index is 5.57. The van der Waals surface area contributed by atoms with Gasteiger partial charge in [-0.15, -0.1) is 24.8 Å². The van der Waals surface area contributed by atoms with Gasteiger partial charge in [0, 0.05) is 26.2 Å². The molecule has 5 rings (SSSR count). The Morgan fingerprint density at radius 3 is 1.74 bits per heavy atom. The second-order valence-electron chi connectivity index (χ2n) is 7.99. The van der Waals surface area contributed by atoms with E-state index in [9.17, 15) is 0 Å². The molecule has 8 heteroatoms.